The summed E-state index contributed by atoms with van der Waals surface area (Å²) < 4.78 is 56.6. The first kappa shape index (κ1) is 30.5. The molecule has 2 rings (SSSR count). The number of rotatable bonds is 10. The van der Waals surface area contributed by atoms with Crippen molar-refractivity contribution in [1.82, 2.24) is 0 Å². The van der Waals surface area contributed by atoms with Gasteiger partial charge in [-0.25, -0.2) is 0 Å². The van der Waals surface area contributed by atoms with E-state index in [0.717, 1.165) is 12.8 Å². The largest absolute Gasteiger partial charge is 0 e. The van der Waals surface area contributed by atoms with Crippen molar-refractivity contribution in [3.63, 3.8) is 0 Å². The topological polar surface area (TPSA) is 89.5 Å². The standard InChI is InChI=1S/C13H23B3O8P2.C2H6.Y/c1-19-25(2,17)21-8-11-10(6-13(16-15)23-11)24-26(3,18)20-7-9-4-5-12(14)22-9;1-2;/h6,9-13H,4-5,7-8H2,1-3H3;1-2H3;/q-1;;. The van der Waals surface area contributed by atoms with Crippen LogP contribution < -0.4 is 0 Å². The summed E-state index contributed by atoms with van der Waals surface area (Å²) in [7, 11) is 5.86. The molecule has 0 amide bonds. The van der Waals surface area contributed by atoms with Crippen LogP contribution in [0.25, 0.3) is 0 Å². The molecular weight excluding hydrogens is 491 g/mol. The molecule has 0 bridgehead atoms. The second-order valence-corrected chi connectivity index (χ2v) is 10.5. The third kappa shape index (κ3) is 11.3. The van der Waals surface area contributed by atoms with E-state index in [0.29, 0.717) is 0 Å². The predicted molar refractivity (Wildman–Crippen MR) is 110 cm³/mol. The Balaban J connectivity index is 0.00000253. The maximum Gasteiger partial charge on any atom is 0 e. The van der Waals surface area contributed by atoms with E-state index < -0.39 is 33.4 Å². The van der Waals surface area contributed by atoms with E-state index in [1.807, 2.05) is 13.8 Å². The van der Waals surface area contributed by atoms with E-state index in [2.05, 4.69) is 0 Å². The van der Waals surface area contributed by atoms with Gasteiger partial charge in [0.05, 0.1) is 0 Å². The van der Waals surface area contributed by atoms with Crippen LogP contribution in [-0.4, -0.2) is 86.0 Å². The molecule has 4 radical (unpaired) electrons. The van der Waals surface area contributed by atoms with Crippen LogP contribution in [0.4, 0.5) is 0 Å². The van der Waals surface area contributed by atoms with Gasteiger partial charge in [0.15, 0.2) is 0 Å². The van der Waals surface area contributed by atoms with E-state index >= 15 is 0 Å². The normalized spacial score (nSPS) is 32.8. The van der Waals surface area contributed by atoms with Gasteiger partial charge in [0.25, 0.3) is 0 Å². The monoisotopic (exact) mass is 521 g/mol. The molecule has 0 aromatic rings. The molecule has 2 saturated heterocycles. The quantitative estimate of drug-likeness (QED) is 0.246. The molecule has 0 spiro atoms. The summed E-state index contributed by atoms with van der Waals surface area (Å²) in [6, 6.07) is -0.825. The molecule has 8 nitrogen and oxygen atoms in total. The average molecular weight is 521 g/mol. The number of hydrogen-bond acceptors (Lipinski definition) is 8. The van der Waals surface area contributed by atoms with Gasteiger partial charge >= 0.3 is 157 Å². The van der Waals surface area contributed by atoms with Gasteiger partial charge in [0.2, 0.25) is 0 Å². The van der Waals surface area contributed by atoms with Gasteiger partial charge in [-0.3, -0.25) is 0 Å². The molecule has 0 aromatic heterocycles. The Kier molecular flexibility index (Phi) is 15.4. The molecule has 0 aliphatic carbocycles. The molecular formula is C15H29B3O8P2Y-. The molecule has 2 fully saturated rings. The second-order valence-electron chi connectivity index (χ2n) is 6.28. The van der Waals surface area contributed by atoms with Gasteiger partial charge in [-0.15, -0.1) is 0 Å². The Morgan fingerprint density at radius 1 is 1.10 bits per heavy atom. The van der Waals surface area contributed by atoms with Gasteiger partial charge in [0, 0.05) is 32.7 Å². The third-order valence-electron chi connectivity index (χ3n) is 4.02. The molecule has 160 valence electrons. The molecule has 29 heavy (non-hydrogen) atoms. The molecule has 2 aliphatic rings. The fourth-order valence-corrected chi connectivity index (χ4v) is 4.24. The van der Waals surface area contributed by atoms with E-state index in [-0.39, 0.29) is 58.0 Å². The summed E-state index contributed by atoms with van der Waals surface area (Å²) in [4.78, 5) is 0. The minimum Gasteiger partial charge on any atom is 0 e. The van der Waals surface area contributed by atoms with Crippen LogP contribution >= 0.6 is 15.2 Å². The summed E-state index contributed by atoms with van der Waals surface area (Å²) in [5.41, 5.74) is 0. The SMILES string of the molecule is CC.[B]C1CCC(COP(C)(=O)OC2[CH-]C(B=[B])OC2COP(C)(=O)OC)O1.[Y]. The smallest absolute Gasteiger partial charge is 0 e. The van der Waals surface area contributed by atoms with Crippen molar-refractivity contribution in [3.8, 4) is 0 Å². The molecule has 7 unspecified atom stereocenters. The first-order valence-electron chi connectivity index (χ1n) is 9.29. The molecule has 0 saturated carbocycles. The molecule has 2 aliphatic heterocycles. The van der Waals surface area contributed by atoms with Crippen LogP contribution in [0.1, 0.15) is 26.7 Å². The Morgan fingerprint density at radius 3 is 2.24 bits per heavy atom. The summed E-state index contributed by atoms with van der Waals surface area (Å²) in [5.74, 6) is 0. The Bertz CT molecular complexity index is 588. The van der Waals surface area contributed by atoms with Crippen LogP contribution in [0.5, 0.6) is 0 Å². The molecule has 0 N–H and O–H groups in total. The van der Waals surface area contributed by atoms with Gasteiger partial charge in [-0.05, 0) is 0 Å². The van der Waals surface area contributed by atoms with Crippen molar-refractivity contribution in [3.05, 3.63) is 6.42 Å². The molecule has 0 aromatic carbocycles. The number of hydrogen-bond donors (Lipinski definition) is 0. The fraction of sp³-hybridized carbons (Fsp3) is 0.933. The average Bonchev–Trinajstić information content (AvgIpc) is 3.25. The zero-order valence-corrected chi connectivity index (χ0v) is 22.4. The first-order valence-corrected chi connectivity index (χ1v) is 13.3. The first-order chi connectivity index (χ1) is 13.1. The number of ether oxygens (including phenoxy) is 2. The van der Waals surface area contributed by atoms with Crippen LogP contribution in [0.2, 0.25) is 0 Å². The van der Waals surface area contributed by atoms with Crippen LogP contribution in [0.3, 0.4) is 0 Å². The second kappa shape index (κ2) is 14.6. The molecule has 14 heteroatoms. The van der Waals surface area contributed by atoms with Gasteiger partial charge in [-0.2, -0.15) is 0 Å². The van der Waals surface area contributed by atoms with Crippen molar-refractivity contribution in [2.45, 2.75) is 57.0 Å². The fourth-order valence-electron chi connectivity index (χ4n) is 2.57. The van der Waals surface area contributed by atoms with Crippen LogP contribution in [0.15, 0.2) is 0 Å². The zero-order valence-electron chi connectivity index (χ0n) is 17.8. The summed E-state index contributed by atoms with van der Waals surface area (Å²) in [6.07, 6.45) is 1.54. The zero-order chi connectivity index (χ0) is 21.4. The Hall–Kier alpha value is 1.52. The van der Waals surface area contributed by atoms with Crippen molar-refractivity contribution in [2.75, 3.05) is 33.7 Å². The minimum atomic E-state index is -3.40. The maximum absolute atomic E-state index is 12.6. The summed E-state index contributed by atoms with van der Waals surface area (Å²) in [6.45, 7) is 8.08. The summed E-state index contributed by atoms with van der Waals surface area (Å²) >= 11 is 0. The van der Waals surface area contributed by atoms with Crippen molar-refractivity contribution < 1.29 is 69.4 Å². The predicted octanol–water partition coefficient (Wildman–Crippen LogP) is 2.11. The van der Waals surface area contributed by atoms with Crippen LogP contribution in [0, 0.1) is 6.42 Å². The minimum absolute atomic E-state index is 0. The van der Waals surface area contributed by atoms with Crippen molar-refractivity contribution >= 4 is 37.2 Å². The Labute approximate surface area is 202 Å². The van der Waals surface area contributed by atoms with Crippen molar-refractivity contribution in [2.24, 2.45) is 0 Å². The van der Waals surface area contributed by atoms with E-state index in [1.54, 1.807) is 6.42 Å². The maximum atomic E-state index is 12.6. The van der Waals surface area contributed by atoms with Crippen molar-refractivity contribution in [1.29, 1.82) is 0 Å². The summed E-state index contributed by atoms with van der Waals surface area (Å²) in [5, 5.41) is 0. The molecule has 7 atom stereocenters. The van der Waals surface area contributed by atoms with E-state index in [9.17, 15) is 9.13 Å². The van der Waals surface area contributed by atoms with Gasteiger partial charge in [-0.1, -0.05) is 13.8 Å². The van der Waals surface area contributed by atoms with Gasteiger partial charge in [0.1, 0.15) is 0 Å². The van der Waals surface area contributed by atoms with E-state index in [4.69, 9.17) is 42.8 Å². The Morgan fingerprint density at radius 2 is 1.72 bits per heavy atom. The van der Waals surface area contributed by atoms with E-state index in [1.165, 1.54) is 27.2 Å². The van der Waals surface area contributed by atoms with Gasteiger partial charge < -0.3 is 0 Å². The third-order valence-corrected chi connectivity index (χ3v) is 6.55. The van der Waals surface area contributed by atoms with Crippen LogP contribution in [-0.2, 0) is 69.4 Å². The molecule has 2 heterocycles.